The number of carbonyl (C=O) groups excluding carboxylic acids is 2. The lowest BCUT2D eigenvalue weighted by atomic mass is 9.67. The second-order valence-electron chi connectivity index (χ2n) is 15.8. The van der Waals surface area contributed by atoms with Crippen LogP contribution in [0.4, 0.5) is 9.59 Å². The topological polar surface area (TPSA) is 71.1 Å². The number of benzene rings is 4. The van der Waals surface area contributed by atoms with Gasteiger partial charge in [0.2, 0.25) is 0 Å². The van der Waals surface area contributed by atoms with Crippen molar-refractivity contribution in [2.24, 2.45) is 11.8 Å². The summed E-state index contributed by atoms with van der Waals surface area (Å²) in [4.78, 5) is 25.7. The van der Waals surface area contributed by atoms with E-state index in [0.29, 0.717) is 36.2 Å². The third-order valence-electron chi connectivity index (χ3n) is 8.36. The van der Waals surface area contributed by atoms with Gasteiger partial charge >= 0.3 is 12.3 Å². The molecule has 0 heterocycles. The van der Waals surface area contributed by atoms with Gasteiger partial charge in [0.15, 0.2) is 0 Å². The Morgan fingerprint density at radius 1 is 0.571 bits per heavy atom. The minimum absolute atomic E-state index is 0.303. The summed E-state index contributed by atoms with van der Waals surface area (Å²) in [6.07, 6.45) is -0.0509. The SMILES string of the molecule is CC(C)Cc1cc(C2(c3ccc(OC(=O)OC(C)(C)C)c(CC(C)C)c3)c3ccccc3-c3ccccc32)ccc1OC(=O)OC(C)(C)C. The molecule has 6 nitrogen and oxygen atoms in total. The molecule has 0 aliphatic heterocycles. The van der Waals surface area contributed by atoms with Gasteiger partial charge in [-0.05, 0) is 123 Å². The monoisotopic (exact) mass is 662 g/mol. The number of fused-ring (bicyclic) bond motifs is 3. The van der Waals surface area contributed by atoms with Gasteiger partial charge in [-0.1, -0.05) is 100 Å². The van der Waals surface area contributed by atoms with Crippen molar-refractivity contribution < 1.29 is 28.5 Å². The molecule has 0 unspecified atom stereocenters. The van der Waals surface area contributed by atoms with Gasteiger partial charge in [-0.15, -0.1) is 0 Å². The van der Waals surface area contributed by atoms with E-state index in [-0.39, 0.29) is 0 Å². The molecule has 1 aliphatic carbocycles. The Balaban J connectivity index is 1.75. The zero-order chi connectivity index (χ0) is 35.7. The van der Waals surface area contributed by atoms with Crippen molar-refractivity contribution in [2.75, 3.05) is 0 Å². The van der Waals surface area contributed by atoms with E-state index in [2.05, 4.69) is 100 Å². The van der Waals surface area contributed by atoms with Gasteiger partial charge in [-0.3, -0.25) is 0 Å². The van der Waals surface area contributed by atoms with Gasteiger partial charge in [0.05, 0.1) is 5.41 Å². The molecular weight excluding hydrogens is 612 g/mol. The highest BCUT2D eigenvalue weighted by Gasteiger charge is 2.46. The molecule has 0 atom stereocenters. The normalized spacial score (nSPS) is 13.6. The number of ether oxygens (including phenoxy) is 4. The summed E-state index contributed by atoms with van der Waals surface area (Å²) < 4.78 is 22.7. The molecule has 6 heteroatoms. The Bertz CT molecular complexity index is 1700. The molecule has 0 bridgehead atoms. The number of carbonyl (C=O) groups is 2. The van der Waals surface area contributed by atoms with Gasteiger partial charge in [-0.25, -0.2) is 9.59 Å². The van der Waals surface area contributed by atoms with Crippen molar-refractivity contribution in [1.82, 2.24) is 0 Å². The Morgan fingerprint density at radius 3 is 1.29 bits per heavy atom. The van der Waals surface area contributed by atoms with Gasteiger partial charge in [-0.2, -0.15) is 0 Å². The van der Waals surface area contributed by atoms with Gasteiger partial charge in [0.1, 0.15) is 22.7 Å². The van der Waals surface area contributed by atoms with Crippen molar-refractivity contribution >= 4 is 12.3 Å². The van der Waals surface area contributed by atoms with Crippen LogP contribution in [0.2, 0.25) is 0 Å². The standard InChI is InChI=1S/C43H50O6/c1-27(2)23-29-25-31(19-21-37(29)46-39(44)48-41(5,6)7)43(35-17-13-11-15-33(35)34-16-12-14-18-36(34)43)32-20-22-38(30(26-32)24-28(3)4)47-40(45)49-42(8,9)10/h11-22,25-28H,23-24H2,1-10H3. The van der Waals surface area contributed by atoms with E-state index in [0.717, 1.165) is 44.5 Å². The summed E-state index contributed by atoms with van der Waals surface area (Å²) in [5.41, 5.74) is 6.52. The molecule has 4 aromatic carbocycles. The average molecular weight is 663 g/mol. The fraction of sp³-hybridized carbons (Fsp3) is 0.395. The first kappa shape index (κ1) is 35.7. The number of rotatable bonds is 8. The Hall–Kier alpha value is -4.58. The van der Waals surface area contributed by atoms with Crippen LogP contribution in [0.15, 0.2) is 84.9 Å². The van der Waals surface area contributed by atoms with Crippen LogP contribution < -0.4 is 9.47 Å². The molecule has 4 aromatic rings. The lowest BCUT2D eigenvalue weighted by Gasteiger charge is -2.35. The highest BCUT2D eigenvalue weighted by atomic mass is 16.7. The second kappa shape index (κ2) is 13.7. The molecule has 0 fully saturated rings. The number of hydrogen-bond donors (Lipinski definition) is 0. The van der Waals surface area contributed by atoms with E-state index in [4.69, 9.17) is 18.9 Å². The molecule has 0 saturated heterocycles. The minimum atomic E-state index is -0.726. The zero-order valence-corrected chi connectivity index (χ0v) is 30.6. The van der Waals surface area contributed by atoms with Gasteiger partial charge in [0, 0.05) is 0 Å². The lowest BCUT2D eigenvalue weighted by molar-refractivity contribution is 0.0191. The predicted molar refractivity (Wildman–Crippen MR) is 195 cm³/mol. The summed E-state index contributed by atoms with van der Waals surface area (Å²) >= 11 is 0. The van der Waals surface area contributed by atoms with Crippen molar-refractivity contribution in [3.05, 3.63) is 118 Å². The maximum Gasteiger partial charge on any atom is 0.514 e. The summed E-state index contributed by atoms with van der Waals surface area (Å²) in [5.74, 6) is 1.58. The van der Waals surface area contributed by atoms with Crippen molar-refractivity contribution in [3.8, 4) is 22.6 Å². The lowest BCUT2D eigenvalue weighted by Crippen LogP contribution is -2.30. The van der Waals surface area contributed by atoms with Crippen molar-refractivity contribution in [3.63, 3.8) is 0 Å². The Labute approximate surface area is 291 Å². The summed E-state index contributed by atoms with van der Waals surface area (Å²) in [6.45, 7) is 19.5. The quantitative estimate of drug-likeness (QED) is 0.122. The third-order valence-corrected chi connectivity index (χ3v) is 8.36. The number of hydrogen-bond acceptors (Lipinski definition) is 6. The van der Waals surface area contributed by atoms with Crippen molar-refractivity contribution in [1.29, 1.82) is 0 Å². The van der Waals surface area contributed by atoms with Crippen LogP contribution >= 0.6 is 0 Å². The maximum atomic E-state index is 12.8. The largest absolute Gasteiger partial charge is 0.514 e. The first-order chi connectivity index (χ1) is 23.0. The third kappa shape index (κ3) is 7.85. The fourth-order valence-corrected chi connectivity index (χ4v) is 6.77. The van der Waals surface area contributed by atoms with Crippen LogP contribution in [-0.4, -0.2) is 23.5 Å². The summed E-state index contributed by atoms with van der Waals surface area (Å²) in [6, 6.07) is 29.4. The van der Waals surface area contributed by atoms with E-state index in [1.807, 2.05) is 53.7 Å². The van der Waals surface area contributed by atoms with Gasteiger partial charge < -0.3 is 18.9 Å². The fourth-order valence-electron chi connectivity index (χ4n) is 6.77. The smallest absolute Gasteiger partial charge is 0.428 e. The first-order valence-corrected chi connectivity index (χ1v) is 17.3. The molecule has 258 valence electrons. The summed E-state index contributed by atoms with van der Waals surface area (Å²) in [5, 5.41) is 0. The molecule has 0 N–H and O–H groups in total. The van der Waals surface area contributed by atoms with Crippen LogP contribution in [0.3, 0.4) is 0 Å². The maximum absolute atomic E-state index is 12.8. The van der Waals surface area contributed by atoms with E-state index in [1.54, 1.807) is 0 Å². The van der Waals surface area contributed by atoms with E-state index < -0.39 is 28.9 Å². The second-order valence-corrected chi connectivity index (χ2v) is 15.8. The molecule has 0 aromatic heterocycles. The first-order valence-electron chi connectivity index (χ1n) is 17.3. The van der Waals surface area contributed by atoms with Crippen LogP contribution in [-0.2, 0) is 27.7 Å². The minimum Gasteiger partial charge on any atom is -0.428 e. The Morgan fingerprint density at radius 2 is 0.939 bits per heavy atom. The van der Waals surface area contributed by atoms with E-state index >= 15 is 0 Å². The summed E-state index contributed by atoms with van der Waals surface area (Å²) in [7, 11) is 0. The van der Waals surface area contributed by atoms with E-state index in [9.17, 15) is 9.59 Å². The molecular formula is C43H50O6. The highest BCUT2D eigenvalue weighted by molar-refractivity contribution is 5.86. The Kier molecular flexibility index (Phi) is 10.0. The molecule has 1 aliphatic rings. The van der Waals surface area contributed by atoms with Crippen molar-refractivity contribution in [2.45, 2.75) is 98.7 Å². The molecule has 0 spiro atoms. The zero-order valence-electron chi connectivity index (χ0n) is 30.6. The molecule has 5 rings (SSSR count). The predicted octanol–water partition coefficient (Wildman–Crippen LogP) is 11.1. The van der Waals surface area contributed by atoms with Crippen LogP contribution in [0.1, 0.15) is 103 Å². The van der Waals surface area contributed by atoms with Crippen LogP contribution in [0, 0.1) is 11.8 Å². The van der Waals surface area contributed by atoms with E-state index in [1.165, 1.54) is 0 Å². The van der Waals surface area contributed by atoms with Crippen LogP contribution in [0.25, 0.3) is 11.1 Å². The molecule has 0 amide bonds. The molecule has 49 heavy (non-hydrogen) atoms. The molecule has 0 saturated carbocycles. The average Bonchev–Trinajstić information content (AvgIpc) is 3.28. The van der Waals surface area contributed by atoms with Gasteiger partial charge in [0.25, 0.3) is 0 Å². The van der Waals surface area contributed by atoms with Crippen LogP contribution in [0.5, 0.6) is 11.5 Å². The highest BCUT2D eigenvalue weighted by Crippen LogP contribution is 2.56. The molecule has 0 radical (unpaired) electrons.